The maximum Gasteiger partial charge on any atom is 0.223 e. The van der Waals surface area contributed by atoms with E-state index in [2.05, 4.69) is 25.9 Å². The lowest BCUT2D eigenvalue weighted by Gasteiger charge is -2.15. The summed E-state index contributed by atoms with van der Waals surface area (Å²) in [5.41, 5.74) is 2.03. The Bertz CT molecular complexity index is 580. The van der Waals surface area contributed by atoms with Crippen molar-refractivity contribution in [3.8, 4) is 0 Å². The van der Waals surface area contributed by atoms with Crippen molar-refractivity contribution in [2.45, 2.75) is 13.0 Å². The summed E-state index contributed by atoms with van der Waals surface area (Å²) in [4.78, 5) is 21.2. The van der Waals surface area contributed by atoms with E-state index in [1.165, 1.54) is 0 Å². The second kappa shape index (κ2) is 4.72. The lowest BCUT2D eigenvalue weighted by molar-refractivity contribution is -0.128. The van der Waals surface area contributed by atoms with Crippen molar-refractivity contribution in [1.29, 1.82) is 0 Å². The van der Waals surface area contributed by atoms with E-state index in [0.717, 1.165) is 28.5 Å². The van der Waals surface area contributed by atoms with E-state index < -0.39 is 0 Å². The molecular weight excluding hydrogens is 294 g/mol. The van der Waals surface area contributed by atoms with E-state index in [-0.39, 0.29) is 5.91 Å². The molecule has 2 aromatic rings. The number of likely N-dealkylation sites (tertiary alicyclic amines) is 1. The summed E-state index contributed by atoms with van der Waals surface area (Å²) in [5.74, 6) is 0.693. The zero-order valence-electron chi connectivity index (χ0n) is 9.90. The second-order valence-electron chi connectivity index (χ2n) is 4.71. The van der Waals surface area contributed by atoms with Gasteiger partial charge in [0.05, 0.1) is 0 Å². The molecule has 0 aromatic carbocycles. The van der Waals surface area contributed by atoms with Crippen molar-refractivity contribution in [1.82, 2.24) is 14.9 Å². The molecule has 18 heavy (non-hydrogen) atoms. The van der Waals surface area contributed by atoms with Crippen LogP contribution >= 0.6 is 15.9 Å². The molecule has 94 valence electrons. The Morgan fingerprint density at radius 3 is 3.22 bits per heavy atom. The average molecular weight is 308 g/mol. The zero-order chi connectivity index (χ0) is 12.5. The summed E-state index contributed by atoms with van der Waals surface area (Å²) in [6.07, 6.45) is 4.38. The minimum atomic E-state index is 0.248. The summed E-state index contributed by atoms with van der Waals surface area (Å²) in [6.45, 7) is 1.52. The summed E-state index contributed by atoms with van der Waals surface area (Å²) in [7, 11) is 0. The Labute approximate surface area is 114 Å². The number of aromatic nitrogens is 2. The molecule has 4 nitrogen and oxygen atoms in total. The van der Waals surface area contributed by atoms with Crippen molar-refractivity contribution >= 4 is 32.9 Å². The molecule has 5 heteroatoms. The fourth-order valence-corrected chi connectivity index (χ4v) is 2.89. The molecule has 0 aliphatic carbocycles. The molecule has 1 unspecified atom stereocenters. The van der Waals surface area contributed by atoms with Gasteiger partial charge in [0.15, 0.2) is 0 Å². The van der Waals surface area contributed by atoms with Gasteiger partial charge >= 0.3 is 0 Å². The van der Waals surface area contributed by atoms with Crippen molar-refractivity contribution in [2.24, 2.45) is 5.92 Å². The average Bonchev–Trinajstić information content (AvgIpc) is 2.95. The number of H-pyrrole nitrogens is 1. The van der Waals surface area contributed by atoms with Gasteiger partial charge in [-0.15, -0.1) is 0 Å². The topological polar surface area (TPSA) is 49.0 Å². The van der Waals surface area contributed by atoms with Gasteiger partial charge in [0, 0.05) is 42.6 Å². The number of carbonyl (C=O) groups excluding carboxylic acids is 1. The third-order valence-corrected chi connectivity index (χ3v) is 4.33. The summed E-state index contributed by atoms with van der Waals surface area (Å²) >= 11 is 3.45. The number of nitrogens with zero attached hydrogens (tertiary/aromatic N) is 2. The third kappa shape index (κ3) is 2.03. The highest BCUT2D eigenvalue weighted by Crippen LogP contribution is 2.24. The molecule has 1 amide bonds. The first-order chi connectivity index (χ1) is 8.78. The van der Waals surface area contributed by atoms with Gasteiger partial charge in [-0.1, -0.05) is 15.9 Å². The van der Waals surface area contributed by atoms with Crippen molar-refractivity contribution in [3.63, 3.8) is 0 Å². The van der Waals surface area contributed by atoms with Gasteiger partial charge in [-0.05, 0) is 23.6 Å². The smallest absolute Gasteiger partial charge is 0.223 e. The Morgan fingerprint density at radius 1 is 1.56 bits per heavy atom. The van der Waals surface area contributed by atoms with Crippen LogP contribution in [0.2, 0.25) is 0 Å². The Morgan fingerprint density at radius 2 is 2.44 bits per heavy atom. The highest BCUT2D eigenvalue weighted by Gasteiger charge is 2.29. The third-order valence-electron chi connectivity index (χ3n) is 3.41. The Hall–Kier alpha value is -1.36. The highest BCUT2D eigenvalue weighted by atomic mass is 79.9. The summed E-state index contributed by atoms with van der Waals surface area (Å²) in [5, 5.41) is 2.00. The maximum atomic E-state index is 11.9. The number of rotatable bonds is 3. The zero-order valence-corrected chi connectivity index (χ0v) is 11.5. The number of nitrogens with one attached hydrogen (secondary N) is 1. The van der Waals surface area contributed by atoms with Crippen LogP contribution in [0.1, 0.15) is 12.0 Å². The molecule has 1 atom stereocenters. The maximum absolute atomic E-state index is 11.9. The Kier molecular flexibility index (Phi) is 3.07. The first-order valence-corrected chi connectivity index (χ1v) is 7.15. The van der Waals surface area contributed by atoms with E-state index in [0.29, 0.717) is 18.9 Å². The molecule has 0 spiro atoms. The van der Waals surface area contributed by atoms with Gasteiger partial charge in [0.25, 0.3) is 0 Å². The van der Waals surface area contributed by atoms with Gasteiger partial charge in [-0.2, -0.15) is 0 Å². The molecule has 1 aliphatic heterocycles. The number of hydrogen-bond acceptors (Lipinski definition) is 2. The number of pyridine rings is 1. The van der Waals surface area contributed by atoms with E-state index in [1.807, 2.05) is 23.2 Å². The van der Waals surface area contributed by atoms with E-state index >= 15 is 0 Å². The van der Waals surface area contributed by atoms with E-state index in [4.69, 9.17) is 0 Å². The lowest BCUT2D eigenvalue weighted by atomic mass is 10.2. The first kappa shape index (κ1) is 11.7. The fourth-order valence-electron chi connectivity index (χ4n) is 2.46. The van der Waals surface area contributed by atoms with Crippen LogP contribution in [0, 0.1) is 5.92 Å². The molecule has 3 rings (SSSR count). The minimum absolute atomic E-state index is 0.248. The molecule has 1 fully saturated rings. The number of hydrogen-bond donors (Lipinski definition) is 1. The number of alkyl halides is 1. The van der Waals surface area contributed by atoms with Crippen LogP contribution in [0.25, 0.3) is 11.0 Å². The van der Waals surface area contributed by atoms with E-state index in [9.17, 15) is 4.79 Å². The van der Waals surface area contributed by atoms with Gasteiger partial charge < -0.3 is 9.88 Å². The summed E-state index contributed by atoms with van der Waals surface area (Å²) < 4.78 is 0. The van der Waals surface area contributed by atoms with Crippen molar-refractivity contribution in [3.05, 3.63) is 30.1 Å². The van der Waals surface area contributed by atoms with Crippen LogP contribution < -0.4 is 0 Å². The number of aromatic amines is 1. The normalized spacial score (nSPS) is 19.9. The molecule has 1 aliphatic rings. The Balaban J connectivity index is 1.83. The van der Waals surface area contributed by atoms with Gasteiger partial charge in [-0.3, -0.25) is 4.79 Å². The lowest BCUT2D eigenvalue weighted by Crippen LogP contribution is -2.24. The van der Waals surface area contributed by atoms with Gasteiger partial charge in [-0.25, -0.2) is 4.98 Å². The number of fused-ring (bicyclic) bond motifs is 1. The highest BCUT2D eigenvalue weighted by molar-refractivity contribution is 9.09. The fraction of sp³-hybridized carbons (Fsp3) is 0.385. The molecule has 1 saturated heterocycles. The molecule has 0 saturated carbocycles. The van der Waals surface area contributed by atoms with Crippen molar-refractivity contribution in [2.75, 3.05) is 11.9 Å². The van der Waals surface area contributed by atoms with Crippen molar-refractivity contribution < 1.29 is 4.79 Å². The van der Waals surface area contributed by atoms with Crippen LogP contribution in [0.15, 0.2) is 24.5 Å². The SMILES string of the molecule is O=C1CC(CBr)CN1Cc1c[nH]c2ncccc12. The minimum Gasteiger partial charge on any atom is -0.346 e. The summed E-state index contributed by atoms with van der Waals surface area (Å²) in [6, 6.07) is 3.96. The quantitative estimate of drug-likeness (QED) is 0.885. The number of halogens is 1. The predicted octanol–water partition coefficient (Wildman–Crippen LogP) is 2.31. The van der Waals surface area contributed by atoms with Crippen LogP contribution in [0.3, 0.4) is 0 Å². The van der Waals surface area contributed by atoms with Gasteiger partial charge in [0.1, 0.15) is 5.65 Å². The molecule has 0 radical (unpaired) electrons. The van der Waals surface area contributed by atoms with E-state index in [1.54, 1.807) is 6.20 Å². The largest absolute Gasteiger partial charge is 0.346 e. The molecular formula is C13H14BrN3O. The van der Waals surface area contributed by atoms with Crippen LogP contribution in [0.4, 0.5) is 0 Å². The monoisotopic (exact) mass is 307 g/mol. The first-order valence-electron chi connectivity index (χ1n) is 6.02. The van der Waals surface area contributed by atoms with Crippen LogP contribution in [0.5, 0.6) is 0 Å². The molecule has 1 N–H and O–H groups in total. The number of amides is 1. The predicted molar refractivity (Wildman–Crippen MR) is 73.4 cm³/mol. The standard InChI is InChI=1S/C13H14BrN3O/c14-5-9-4-12(18)17(7-9)8-10-6-16-13-11(10)2-1-3-15-13/h1-3,6,9H,4-5,7-8H2,(H,15,16). The second-order valence-corrected chi connectivity index (χ2v) is 5.36. The van der Waals surface area contributed by atoms with Gasteiger partial charge in [0.2, 0.25) is 5.91 Å². The van der Waals surface area contributed by atoms with Crippen LogP contribution in [-0.2, 0) is 11.3 Å². The molecule has 3 heterocycles. The molecule has 0 bridgehead atoms. The van der Waals surface area contributed by atoms with Crippen LogP contribution in [-0.4, -0.2) is 32.6 Å². The number of carbonyl (C=O) groups is 1. The molecule has 2 aromatic heterocycles.